The minimum Gasteiger partial charge on any atom is -0.453 e. The van der Waals surface area contributed by atoms with Crippen LogP contribution in [0.5, 0.6) is 0 Å². The molecule has 0 spiro atoms. The van der Waals surface area contributed by atoms with E-state index in [-0.39, 0.29) is 24.7 Å². The highest BCUT2D eigenvalue weighted by Crippen LogP contribution is 2.16. The van der Waals surface area contributed by atoms with Gasteiger partial charge < -0.3 is 14.5 Å². The van der Waals surface area contributed by atoms with E-state index in [4.69, 9.17) is 4.74 Å². The molecule has 2 aliphatic rings. The first-order chi connectivity index (χ1) is 16.5. The van der Waals surface area contributed by atoms with E-state index in [1.54, 1.807) is 30.3 Å². The molecule has 2 aliphatic heterocycles. The number of hydrogen-bond acceptors (Lipinski definition) is 8. The largest absolute Gasteiger partial charge is 0.453 e. The number of benzene rings is 1. The zero-order valence-corrected chi connectivity index (χ0v) is 19.2. The maximum Gasteiger partial charge on any atom is 0.307 e. The Morgan fingerprint density at radius 2 is 1.65 bits per heavy atom. The fraction of sp³-hybridized carbons (Fsp3) is 0.417. The molecule has 4 rings (SSSR count). The minimum atomic E-state index is -0.906. The number of ether oxygens (including phenoxy) is 1. The lowest BCUT2D eigenvalue weighted by atomic mass is 10.1. The van der Waals surface area contributed by atoms with E-state index < -0.39 is 12.1 Å². The summed E-state index contributed by atoms with van der Waals surface area (Å²) in [6.07, 6.45) is 3.03. The van der Waals surface area contributed by atoms with Gasteiger partial charge in [-0.15, -0.1) is 0 Å². The fourth-order valence-corrected chi connectivity index (χ4v) is 3.95. The number of piperazine rings is 1. The van der Waals surface area contributed by atoms with Gasteiger partial charge >= 0.3 is 5.97 Å². The van der Waals surface area contributed by atoms with Crippen molar-refractivity contribution in [3.8, 4) is 0 Å². The molecule has 0 saturated carbocycles. The van der Waals surface area contributed by atoms with Gasteiger partial charge in [-0.25, -0.2) is 15.0 Å². The van der Waals surface area contributed by atoms with Crippen molar-refractivity contribution < 1.29 is 19.1 Å². The predicted molar refractivity (Wildman–Crippen MR) is 125 cm³/mol. The summed E-state index contributed by atoms with van der Waals surface area (Å²) in [5, 5.41) is 5.79. The lowest BCUT2D eigenvalue weighted by Gasteiger charge is -2.35. The second kappa shape index (κ2) is 10.9. The van der Waals surface area contributed by atoms with Crippen LogP contribution in [0.25, 0.3) is 0 Å². The standard InChI is InChI=1S/C24H28N6O4/c1-18(23(33)28-14-16-29(17-15-28)24-25-11-5-12-26-24)34-22(32)9-8-21(31)30-13-10-20(27-30)19-6-3-2-4-7-19/h2-7,11-12,18H,8-10,13-17H2,1H3. The highest BCUT2D eigenvalue weighted by Gasteiger charge is 2.28. The van der Waals surface area contributed by atoms with Gasteiger partial charge in [0.05, 0.1) is 18.7 Å². The summed E-state index contributed by atoms with van der Waals surface area (Å²) in [5.41, 5.74) is 1.84. The van der Waals surface area contributed by atoms with E-state index in [0.717, 1.165) is 11.3 Å². The quantitative estimate of drug-likeness (QED) is 0.571. The third-order valence-corrected chi connectivity index (χ3v) is 5.82. The SMILES string of the molecule is CC(OC(=O)CCC(=O)N1CCC(c2ccccc2)=N1)C(=O)N1CCN(c2ncccn2)CC1. The zero-order chi connectivity index (χ0) is 23.9. The van der Waals surface area contributed by atoms with Crippen LogP contribution in [0.1, 0.15) is 31.7 Å². The predicted octanol–water partition coefficient (Wildman–Crippen LogP) is 1.47. The van der Waals surface area contributed by atoms with Crippen LogP contribution in [0.2, 0.25) is 0 Å². The Morgan fingerprint density at radius 3 is 2.35 bits per heavy atom. The van der Waals surface area contributed by atoms with Crippen molar-refractivity contribution in [3.05, 3.63) is 54.4 Å². The molecular weight excluding hydrogens is 436 g/mol. The van der Waals surface area contributed by atoms with Crippen LogP contribution in [0.3, 0.4) is 0 Å². The van der Waals surface area contributed by atoms with Gasteiger partial charge in [0.15, 0.2) is 6.10 Å². The van der Waals surface area contributed by atoms with Crippen molar-refractivity contribution in [2.45, 2.75) is 32.3 Å². The van der Waals surface area contributed by atoms with Crippen LogP contribution < -0.4 is 4.90 Å². The molecule has 10 heteroatoms. The van der Waals surface area contributed by atoms with Crippen LogP contribution >= 0.6 is 0 Å². The Bertz CT molecular complexity index is 1040. The van der Waals surface area contributed by atoms with Gasteiger partial charge in [-0.3, -0.25) is 14.4 Å². The van der Waals surface area contributed by atoms with Crippen molar-refractivity contribution in [1.82, 2.24) is 19.9 Å². The van der Waals surface area contributed by atoms with Crippen LogP contribution in [0.4, 0.5) is 5.95 Å². The van der Waals surface area contributed by atoms with Crippen molar-refractivity contribution in [2.24, 2.45) is 5.10 Å². The lowest BCUT2D eigenvalue weighted by Crippen LogP contribution is -2.52. The molecule has 1 unspecified atom stereocenters. The van der Waals surface area contributed by atoms with Gasteiger partial charge in [0.1, 0.15) is 0 Å². The van der Waals surface area contributed by atoms with Gasteiger partial charge in [0.2, 0.25) is 11.9 Å². The molecule has 0 aliphatic carbocycles. The third kappa shape index (κ3) is 5.75. The van der Waals surface area contributed by atoms with E-state index in [1.165, 1.54) is 5.01 Å². The molecule has 0 N–H and O–H groups in total. The number of nitrogens with zero attached hydrogens (tertiary/aromatic N) is 6. The van der Waals surface area contributed by atoms with Crippen molar-refractivity contribution in [2.75, 3.05) is 37.6 Å². The number of aromatic nitrogens is 2. The summed E-state index contributed by atoms with van der Waals surface area (Å²) >= 11 is 0. The molecule has 3 heterocycles. The molecule has 1 atom stereocenters. The highest BCUT2D eigenvalue weighted by molar-refractivity contribution is 6.02. The lowest BCUT2D eigenvalue weighted by molar-refractivity contribution is -0.159. The number of esters is 1. The van der Waals surface area contributed by atoms with Crippen LogP contribution in [0.15, 0.2) is 53.9 Å². The Kier molecular flexibility index (Phi) is 7.46. The van der Waals surface area contributed by atoms with Crippen molar-refractivity contribution in [3.63, 3.8) is 0 Å². The maximum atomic E-state index is 12.7. The molecule has 2 aromatic rings. The van der Waals surface area contributed by atoms with Gasteiger partial charge in [-0.2, -0.15) is 5.10 Å². The number of hydrazone groups is 1. The zero-order valence-electron chi connectivity index (χ0n) is 19.2. The molecular formula is C24H28N6O4. The molecule has 0 bridgehead atoms. The molecule has 34 heavy (non-hydrogen) atoms. The van der Waals surface area contributed by atoms with Crippen molar-refractivity contribution >= 4 is 29.4 Å². The summed E-state index contributed by atoms with van der Waals surface area (Å²) < 4.78 is 5.31. The Labute approximate surface area is 198 Å². The molecule has 1 saturated heterocycles. The summed E-state index contributed by atoms with van der Waals surface area (Å²) in [7, 11) is 0. The first kappa shape index (κ1) is 23.3. The molecule has 0 radical (unpaired) electrons. The van der Waals surface area contributed by atoms with Crippen LogP contribution in [-0.2, 0) is 19.1 Å². The molecule has 1 aromatic heterocycles. The van der Waals surface area contributed by atoms with E-state index >= 15 is 0 Å². The number of carbonyl (C=O) groups excluding carboxylic acids is 3. The number of anilines is 1. The molecule has 10 nitrogen and oxygen atoms in total. The first-order valence-corrected chi connectivity index (χ1v) is 11.4. The highest BCUT2D eigenvalue weighted by atomic mass is 16.5. The number of rotatable bonds is 7. The normalized spacial score (nSPS) is 16.7. The van der Waals surface area contributed by atoms with E-state index in [2.05, 4.69) is 15.1 Å². The van der Waals surface area contributed by atoms with Crippen LogP contribution in [0, 0.1) is 0 Å². The van der Waals surface area contributed by atoms with E-state index in [1.807, 2.05) is 35.2 Å². The Morgan fingerprint density at radius 1 is 0.941 bits per heavy atom. The second-order valence-corrected chi connectivity index (χ2v) is 8.17. The summed E-state index contributed by atoms with van der Waals surface area (Å²) in [6, 6.07) is 11.5. The first-order valence-electron chi connectivity index (χ1n) is 11.4. The molecule has 2 amide bonds. The van der Waals surface area contributed by atoms with Crippen LogP contribution in [-0.4, -0.2) is 82.2 Å². The van der Waals surface area contributed by atoms with Gasteiger partial charge in [0, 0.05) is 51.4 Å². The van der Waals surface area contributed by atoms with Gasteiger partial charge in [-0.1, -0.05) is 30.3 Å². The fourth-order valence-electron chi connectivity index (χ4n) is 3.95. The number of carbonyl (C=O) groups is 3. The third-order valence-electron chi connectivity index (χ3n) is 5.82. The summed E-state index contributed by atoms with van der Waals surface area (Å²) in [6.45, 7) is 4.25. The minimum absolute atomic E-state index is 0.0128. The topological polar surface area (TPSA) is 108 Å². The average molecular weight is 465 g/mol. The summed E-state index contributed by atoms with van der Waals surface area (Å²) in [5.74, 6) is -0.417. The maximum absolute atomic E-state index is 12.7. The second-order valence-electron chi connectivity index (χ2n) is 8.17. The van der Waals surface area contributed by atoms with Gasteiger partial charge in [0.25, 0.3) is 5.91 Å². The molecule has 1 fully saturated rings. The number of amides is 2. The summed E-state index contributed by atoms with van der Waals surface area (Å²) in [4.78, 5) is 49.6. The molecule has 1 aromatic carbocycles. The monoisotopic (exact) mass is 464 g/mol. The Balaban J connectivity index is 1.19. The number of hydrogen-bond donors (Lipinski definition) is 0. The van der Waals surface area contributed by atoms with Gasteiger partial charge in [-0.05, 0) is 18.6 Å². The molecule has 178 valence electrons. The smallest absolute Gasteiger partial charge is 0.307 e. The van der Waals surface area contributed by atoms with Crippen molar-refractivity contribution in [1.29, 1.82) is 0 Å². The Hall–Kier alpha value is -3.82. The van der Waals surface area contributed by atoms with E-state index in [9.17, 15) is 14.4 Å². The van der Waals surface area contributed by atoms with E-state index in [0.29, 0.717) is 45.1 Å². The average Bonchev–Trinajstić information content (AvgIpc) is 3.38.